The summed E-state index contributed by atoms with van der Waals surface area (Å²) in [6.07, 6.45) is 1.07. The van der Waals surface area contributed by atoms with E-state index in [2.05, 4.69) is 36.9 Å². The summed E-state index contributed by atoms with van der Waals surface area (Å²) in [6, 6.07) is 14.2. The third kappa shape index (κ3) is 3.45. The lowest BCUT2D eigenvalue weighted by Crippen LogP contribution is -2.24. The van der Waals surface area contributed by atoms with Crippen molar-refractivity contribution in [2.45, 2.75) is 26.8 Å². The van der Waals surface area contributed by atoms with Gasteiger partial charge in [-0.1, -0.05) is 42.8 Å². The number of aryl methyl sites for hydroxylation is 1. The van der Waals surface area contributed by atoms with Crippen molar-refractivity contribution in [2.24, 2.45) is 0 Å². The second-order valence-electron chi connectivity index (χ2n) is 5.08. The van der Waals surface area contributed by atoms with Crippen molar-refractivity contribution in [3.8, 4) is 0 Å². The number of nitrogen functional groups attached to an aromatic ring is 1. The average Bonchev–Trinajstić information content (AvgIpc) is 2.42. The summed E-state index contributed by atoms with van der Waals surface area (Å²) in [5.41, 5.74) is 10.3. The van der Waals surface area contributed by atoms with Gasteiger partial charge in [-0.25, -0.2) is 0 Å². The predicted molar refractivity (Wildman–Crippen MR) is 88.4 cm³/mol. The normalized spacial score (nSPS) is 10.6. The van der Waals surface area contributed by atoms with Crippen LogP contribution in [-0.2, 0) is 6.54 Å². The second kappa shape index (κ2) is 6.67. The molecule has 0 saturated carbocycles. The predicted octanol–water partition coefficient (Wildman–Crippen LogP) is 4.65. The largest absolute Gasteiger partial charge is 0.397 e. The molecule has 0 heterocycles. The number of anilines is 2. The van der Waals surface area contributed by atoms with Crippen LogP contribution in [0.2, 0.25) is 5.02 Å². The number of hydrogen-bond donors (Lipinski definition) is 1. The number of halogens is 1. The first kappa shape index (κ1) is 14.7. The van der Waals surface area contributed by atoms with Crippen LogP contribution in [0.1, 0.15) is 24.5 Å². The van der Waals surface area contributed by atoms with E-state index in [0.717, 1.165) is 41.5 Å². The van der Waals surface area contributed by atoms with Gasteiger partial charge in [0, 0.05) is 18.1 Å². The first-order chi connectivity index (χ1) is 9.61. The van der Waals surface area contributed by atoms with Crippen molar-refractivity contribution in [2.75, 3.05) is 17.2 Å². The van der Waals surface area contributed by atoms with Crippen LogP contribution in [0.25, 0.3) is 0 Å². The van der Waals surface area contributed by atoms with Gasteiger partial charge in [0.1, 0.15) is 0 Å². The summed E-state index contributed by atoms with van der Waals surface area (Å²) in [5, 5.41) is 0.820. The Labute approximate surface area is 126 Å². The minimum atomic E-state index is 0.779. The van der Waals surface area contributed by atoms with Gasteiger partial charge in [-0.2, -0.15) is 0 Å². The zero-order chi connectivity index (χ0) is 14.5. The van der Waals surface area contributed by atoms with E-state index in [-0.39, 0.29) is 0 Å². The van der Waals surface area contributed by atoms with Gasteiger partial charge in [0.2, 0.25) is 0 Å². The first-order valence-corrected chi connectivity index (χ1v) is 7.34. The summed E-state index contributed by atoms with van der Waals surface area (Å²) in [6.45, 7) is 5.96. The molecule has 2 nitrogen and oxygen atoms in total. The molecular weight excluding hydrogens is 268 g/mol. The number of nitrogens with zero attached hydrogens (tertiary/aromatic N) is 1. The molecule has 0 amide bonds. The molecule has 2 rings (SSSR count). The average molecular weight is 289 g/mol. The summed E-state index contributed by atoms with van der Waals surface area (Å²) in [7, 11) is 0. The third-order valence-corrected chi connectivity index (χ3v) is 3.69. The van der Waals surface area contributed by atoms with E-state index >= 15 is 0 Å². The van der Waals surface area contributed by atoms with E-state index in [4.69, 9.17) is 17.3 Å². The number of rotatable bonds is 5. The van der Waals surface area contributed by atoms with Crippen molar-refractivity contribution >= 4 is 23.0 Å². The molecule has 0 radical (unpaired) electrons. The number of hydrogen-bond acceptors (Lipinski definition) is 2. The maximum absolute atomic E-state index is 6.34. The molecule has 0 aliphatic heterocycles. The van der Waals surface area contributed by atoms with Crippen LogP contribution in [-0.4, -0.2) is 6.54 Å². The van der Waals surface area contributed by atoms with Gasteiger partial charge >= 0.3 is 0 Å². The minimum Gasteiger partial charge on any atom is -0.397 e. The van der Waals surface area contributed by atoms with Crippen LogP contribution in [0.4, 0.5) is 11.4 Å². The van der Waals surface area contributed by atoms with Crippen molar-refractivity contribution in [3.05, 3.63) is 58.6 Å². The minimum absolute atomic E-state index is 0.779. The monoisotopic (exact) mass is 288 g/mol. The lowest BCUT2D eigenvalue weighted by atomic mass is 10.1. The molecule has 106 valence electrons. The highest BCUT2D eigenvalue weighted by Gasteiger charge is 2.11. The molecule has 2 aromatic carbocycles. The van der Waals surface area contributed by atoms with E-state index in [1.165, 1.54) is 5.56 Å². The van der Waals surface area contributed by atoms with E-state index < -0.39 is 0 Å². The number of benzene rings is 2. The zero-order valence-electron chi connectivity index (χ0n) is 12.1. The molecule has 0 unspecified atom stereocenters. The fraction of sp³-hybridized carbons (Fsp3) is 0.294. The van der Waals surface area contributed by atoms with Gasteiger partial charge in [-0.3, -0.25) is 0 Å². The van der Waals surface area contributed by atoms with Gasteiger partial charge in [0.25, 0.3) is 0 Å². The molecular formula is C17H21ClN2. The summed E-state index contributed by atoms with van der Waals surface area (Å²) in [5.74, 6) is 0. The fourth-order valence-corrected chi connectivity index (χ4v) is 2.61. The van der Waals surface area contributed by atoms with E-state index in [1.807, 2.05) is 24.3 Å². The van der Waals surface area contributed by atoms with Gasteiger partial charge in [0.15, 0.2) is 0 Å². The molecule has 0 aliphatic carbocycles. The first-order valence-electron chi connectivity index (χ1n) is 6.96. The van der Waals surface area contributed by atoms with Crippen molar-refractivity contribution in [1.82, 2.24) is 0 Å². The summed E-state index contributed by atoms with van der Waals surface area (Å²) >= 11 is 6.34. The quantitative estimate of drug-likeness (QED) is 0.812. The van der Waals surface area contributed by atoms with E-state index in [0.29, 0.717) is 0 Å². The number of nitrogens with two attached hydrogens (primary N) is 1. The second-order valence-corrected chi connectivity index (χ2v) is 5.48. The van der Waals surface area contributed by atoms with Gasteiger partial charge in [0.05, 0.1) is 11.4 Å². The van der Waals surface area contributed by atoms with Crippen molar-refractivity contribution < 1.29 is 0 Å². The smallest absolute Gasteiger partial charge is 0.0602 e. The molecule has 3 heteroatoms. The van der Waals surface area contributed by atoms with Crippen LogP contribution in [0.15, 0.2) is 42.5 Å². The molecule has 0 spiro atoms. The highest BCUT2D eigenvalue weighted by atomic mass is 35.5. The number of para-hydroxylation sites is 2. The van der Waals surface area contributed by atoms with Crippen molar-refractivity contribution in [3.63, 3.8) is 0 Å². The lowest BCUT2D eigenvalue weighted by Gasteiger charge is -2.26. The Bertz CT molecular complexity index is 581. The molecule has 0 atom stereocenters. The summed E-state index contributed by atoms with van der Waals surface area (Å²) < 4.78 is 0. The Morgan fingerprint density at radius 3 is 2.55 bits per heavy atom. The van der Waals surface area contributed by atoms with E-state index in [9.17, 15) is 0 Å². The van der Waals surface area contributed by atoms with Crippen LogP contribution < -0.4 is 10.6 Å². The topological polar surface area (TPSA) is 29.3 Å². The van der Waals surface area contributed by atoms with Gasteiger partial charge < -0.3 is 10.6 Å². The molecule has 2 N–H and O–H groups in total. The third-order valence-electron chi connectivity index (χ3n) is 3.34. The maximum Gasteiger partial charge on any atom is 0.0602 e. The van der Waals surface area contributed by atoms with Crippen molar-refractivity contribution in [1.29, 1.82) is 0 Å². The van der Waals surface area contributed by atoms with Crippen LogP contribution in [0, 0.1) is 6.92 Å². The Morgan fingerprint density at radius 2 is 1.90 bits per heavy atom. The molecule has 0 aliphatic rings. The van der Waals surface area contributed by atoms with E-state index in [1.54, 1.807) is 0 Å². The highest BCUT2D eigenvalue weighted by molar-refractivity contribution is 6.31. The Morgan fingerprint density at radius 1 is 1.15 bits per heavy atom. The fourth-order valence-electron chi connectivity index (χ4n) is 2.32. The zero-order valence-corrected chi connectivity index (χ0v) is 12.8. The Hall–Kier alpha value is -1.67. The molecule has 0 bridgehead atoms. The van der Waals surface area contributed by atoms with Gasteiger partial charge in [-0.05, 0) is 42.7 Å². The molecule has 2 aromatic rings. The molecule has 0 aromatic heterocycles. The maximum atomic E-state index is 6.34. The van der Waals surface area contributed by atoms with Crippen LogP contribution in [0.5, 0.6) is 0 Å². The lowest BCUT2D eigenvalue weighted by molar-refractivity contribution is 0.768. The van der Waals surface area contributed by atoms with Gasteiger partial charge in [-0.15, -0.1) is 0 Å². The molecule has 0 saturated heterocycles. The van der Waals surface area contributed by atoms with Crippen LogP contribution in [0.3, 0.4) is 0 Å². The Kier molecular flexibility index (Phi) is 4.91. The molecule has 20 heavy (non-hydrogen) atoms. The highest BCUT2D eigenvalue weighted by Crippen LogP contribution is 2.27. The Balaban J connectivity index is 2.28. The van der Waals surface area contributed by atoms with Crippen LogP contribution >= 0.6 is 11.6 Å². The SMILES string of the molecule is CCCN(Cc1ccc(C)cc1Cl)c1ccccc1N. The molecule has 0 fully saturated rings. The standard InChI is InChI=1S/C17H21ClN2/c1-3-10-20(17-7-5-4-6-16(17)19)12-14-9-8-13(2)11-15(14)18/h4-9,11H,3,10,12,19H2,1-2H3. The summed E-state index contributed by atoms with van der Waals surface area (Å²) in [4.78, 5) is 2.28.